The first-order valence-corrected chi connectivity index (χ1v) is 11.9. The normalized spacial score (nSPS) is 18.1. The van der Waals surface area contributed by atoms with Crippen LogP contribution in [-0.2, 0) is 0 Å². The first-order chi connectivity index (χ1) is 13.6. The zero-order valence-corrected chi connectivity index (χ0v) is 19.7. The second-order valence-electron chi connectivity index (χ2n) is 7.12. The summed E-state index contributed by atoms with van der Waals surface area (Å²) in [4.78, 5) is 1.20. The van der Waals surface area contributed by atoms with Crippen molar-refractivity contribution in [2.75, 3.05) is 25.4 Å². The quantitative estimate of drug-likeness (QED) is 0.412. The van der Waals surface area contributed by atoms with Crippen molar-refractivity contribution < 1.29 is 0 Å². The number of nitrogen functional groups attached to an aromatic ring is 1. The van der Waals surface area contributed by atoms with Crippen molar-refractivity contribution >= 4 is 33.6 Å². The lowest BCUT2D eigenvalue weighted by Crippen LogP contribution is -2.27. The molecule has 2 aromatic carbocycles. The summed E-state index contributed by atoms with van der Waals surface area (Å²) in [5, 5.41) is 3.45. The maximum atomic E-state index is 6.04. The van der Waals surface area contributed by atoms with Crippen LogP contribution in [0, 0.1) is 12.8 Å². The van der Waals surface area contributed by atoms with Crippen LogP contribution in [0.4, 0.5) is 5.69 Å². The highest BCUT2D eigenvalue weighted by Crippen LogP contribution is 2.38. The summed E-state index contributed by atoms with van der Waals surface area (Å²) in [6.45, 7) is 9.62. The predicted octanol–water partition coefficient (Wildman–Crippen LogP) is 6.13. The van der Waals surface area contributed by atoms with Crippen molar-refractivity contribution in [1.82, 2.24) is 9.62 Å². The smallest absolute Gasteiger partial charge is 0.0465 e. The number of anilines is 1. The number of para-hydroxylation sites is 1. The molecule has 2 fully saturated rings. The largest absolute Gasteiger partial charge is 0.398 e. The van der Waals surface area contributed by atoms with Crippen molar-refractivity contribution in [3.8, 4) is 0 Å². The van der Waals surface area contributed by atoms with E-state index in [0.717, 1.165) is 22.1 Å². The van der Waals surface area contributed by atoms with Gasteiger partial charge in [-0.15, -0.1) is 0 Å². The predicted molar refractivity (Wildman–Crippen MR) is 128 cm³/mol. The molecule has 4 rings (SSSR count). The standard InChI is InChI=1S/C14H21N3S.C7H7Br.C2H6/c15-13-3-1-2-4-14(13)18-17(12-5-6-12)10-11-7-8-16-9-11;1-6-3-2-4-7(8)5-6;1-2/h1-4,11-12,16H,5-10,15H2;2-5H,1H3;1-2H3. The summed E-state index contributed by atoms with van der Waals surface area (Å²) in [6.07, 6.45) is 4.01. The van der Waals surface area contributed by atoms with Gasteiger partial charge in [-0.25, -0.2) is 4.31 Å². The third-order valence-corrected chi connectivity index (χ3v) is 6.41. The van der Waals surface area contributed by atoms with E-state index in [0.29, 0.717) is 0 Å². The van der Waals surface area contributed by atoms with Crippen molar-refractivity contribution in [3.63, 3.8) is 0 Å². The van der Waals surface area contributed by atoms with Crippen LogP contribution in [0.15, 0.2) is 57.9 Å². The van der Waals surface area contributed by atoms with E-state index in [1.165, 1.54) is 49.4 Å². The zero-order chi connectivity index (χ0) is 20.4. The first kappa shape index (κ1) is 23.3. The molecule has 154 valence electrons. The summed E-state index contributed by atoms with van der Waals surface area (Å²) < 4.78 is 3.71. The highest BCUT2D eigenvalue weighted by molar-refractivity contribution is 9.10. The van der Waals surface area contributed by atoms with Gasteiger partial charge in [0.25, 0.3) is 0 Å². The number of halogens is 1. The van der Waals surface area contributed by atoms with Gasteiger partial charge in [0.1, 0.15) is 0 Å². The summed E-state index contributed by atoms with van der Waals surface area (Å²) in [5.74, 6) is 0.808. The molecule has 1 aliphatic carbocycles. The third-order valence-electron chi connectivity index (χ3n) is 4.67. The Balaban J connectivity index is 0.000000236. The van der Waals surface area contributed by atoms with Gasteiger partial charge in [-0.3, -0.25) is 0 Å². The lowest BCUT2D eigenvalue weighted by atomic mass is 10.1. The molecule has 2 aromatic rings. The van der Waals surface area contributed by atoms with E-state index in [-0.39, 0.29) is 0 Å². The van der Waals surface area contributed by atoms with Crippen LogP contribution in [0.1, 0.15) is 38.7 Å². The lowest BCUT2D eigenvalue weighted by molar-refractivity contribution is 0.381. The van der Waals surface area contributed by atoms with Crippen molar-refractivity contribution in [2.45, 2.75) is 51.0 Å². The summed E-state index contributed by atoms with van der Waals surface area (Å²) >= 11 is 5.22. The minimum Gasteiger partial charge on any atom is -0.398 e. The fraction of sp³-hybridized carbons (Fsp3) is 0.478. The van der Waals surface area contributed by atoms with E-state index in [2.05, 4.69) is 56.7 Å². The van der Waals surface area contributed by atoms with Gasteiger partial charge >= 0.3 is 0 Å². The molecule has 0 bridgehead atoms. The molecule has 5 heteroatoms. The topological polar surface area (TPSA) is 41.3 Å². The molecule has 28 heavy (non-hydrogen) atoms. The van der Waals surface area contributed by atoms with Crippen LogP contribution in [0.25, 0.3) is 0 Å². The number of hydrogen-bond acceptors (Lipinski definition) is 4. The van der Waals surface area contributed by atoms with Gasteiger partial charge in [0.2, 0.25) is 0 Å². The van der Waals surface area contributed by atoms with Crippen LogP contribution in [0.2, 0.25) is 0 Å². The van der Waals surface area contributed by atoms with Gasteiger partial charge in [0.05, 0.1) is 0 Å². The van der Waals surface area contributed by atoms with Gasteiger partial charge in [0, 0.05) is 27.6 Å². The Kier molecular flexibility index (Phi) is 10.4. The average Bonchev–Trinajstić information content (AvgIpc) is 3.42. The monoisotopic (exact) mass is 463 g/mol. The van der Waals surface area contributed by atoms with Crippen LogP contribution >= 0.6 is 27.9 Å². The fourth-order valence-corrected chi connectivity index (χ4v) is 4.77. The number of aryl methyl sites for hydroxylation is 1. The molecule has 0 aromatic heterocycles. The Labute approximate surface area is 183 Å². The Morgan fingerprint density at radius 3 is 2.39 bits per heavy atom. The maximum Gasteiger partial charge on any atom is 0.0465 e. The Morgan fingerprint density at radius 1 is 1.11 bits per heavy atom. The fourth-order valence-electron chi connectivity index (χ4n) is 3.04. The van der Waals surface area contributed by atoms with Crippen LogP contribution in [0.3, 0.4) is 0 Å². The van der Waals surface area contributed by atoms with E-state index < -0.39 is 0 Å². The number of hydrogen-bond donors (Lipinski definition) is 2. The number of nitrogens with one attached hydrogen (secondary N) is 1. The molecule has 2 aliphatic rings. The summed E-state index contributed by atoms with van der Waals surface area (Å²) in [5.41, 5.74) is 8.23. The molecule has 1 unspecified atom stereocenters. The van der Waals surface area contributed by atoms with Gasteiger partial charge < -0.3 is 11.1 Å². The Bertz CT molecular complexity index is 683. The molecule has 1 atom stereocenters. The zero-order valence-electron chi connectivity index (χ0n) is 17.3. The van der Waals surface area contributed by atoms with Crippen molar-refractivity contribution in [3.05, 3.63) is 58.6 Å². The molecule has 1 heterocycles. The second-order valence-corrected chi connectivity index (χ2v) is 9.12. The Hall–Kier alpha value is -1.01. The van der Waals surface area contributed by atoms with Crippen LogP contribution in [-0.4, -0.2) is 30.0 Å². The minimum absolute atomic E-state index is 0.773. The second kappa shape index (κ2) is 12.5. The molecular formula is C23H34BrN3S. The molecule has 0 spiro atoms. The van der Waals surface area contributed by atoms with Gasteiger partial charge in [-0.1, -0.05) is 59.6 Å². The Morgan fingerprint density at radius 2 is 1.86 bits per heavy atom. The number of benzene rings is 2. The molecule has 1 saturated heterocycles. The van der Waals surface area contributed by atoms with Gasteiger partial charge in [-0.05, 0) is 81.4 Å². The number of rotatable bonds is 5. The molecule has 3 nitrogen and oxygen atoms in total. The summed E-state index contributed by atoms with van der Waals surface area (Å²) in [7, 11) is 0. The maximum absolute atomic E-state index is 6.04. The third kappa shape index (κ3) is 8.16. The molecule has 1 aliphatic heterocycles. The SMILES string of the molecule is CC.Cc1cccc(Br)c1.Nc1ccccc1SN(CC1CCNC1)C1CC1. The summed E-state index contributed by atoms with van der Waals surface area (Å²) in [6, 6.07) is 17.2. The lowest BCUT2D eigenvalue weighted by Gasteiger charge is -2.24. The van der Waals surface area contributed by atoms with Crippen LogP contribution < -0.4 is 11.1 Å². The molecule has 3 N–H and O–H groups in total. The first-order valence-electron chi connectivity index (χ1n) is 10.3. The highest BCUT2D eigenvalue weighted by atomic mass is 79.9. The van der Waals surface area contributed by atoms with E-state index in [1.807, 2.05) is 50.1 Å². The van der Waals surface area contributed by atoms with Crippen LogP contribution in [0.5, 0.6) is 0 Å². The van der Waals surface area contributed by atoms with E-state index in [4.69, 9.17) is 5.73 Å². The molecule has 0 amide bonds. The van der Waals surface area contributed by atoms with E-state index in [9.17, 15) is 0 Å². The molecule has 0 radical (unpaired) electrons. The molecule has 1 saturated carbocycles. The number of nitrogens with two attached hydrogens (primary N) is 1. The van der Waals surface area contributed by atoms with Crippen molar-refractivity contribution in [1.29, 1.82) is 0 Å². The minimum atomic E-state index is 0.773. The number of nitrogens with zero attached hydrogens (tertiary/aromatic N) is 1. The van der Waals surface area contributed by atoms with E-state index in [1.54, 1.807) is 0 Å². The van der Waals surface area contributed by atoms with Gasteiger partial charge in [0.15, 0.2) is 0 Å². The highest BCUT2D eigenvalue weighted by Gasteiger charge is 2.32. The van der Waals surface area contributed by atoms with Gasteiger partial charge in [-0.2, -0.15) is 0 Å². The van der Waals surface area contributed by atoms with E-state index >= 15 is 0 Å². The molecular weight excluding hydrogens is 430 g/mol. The van der Waals surface area contributed by atoms with Crippen molar-refractivity contribution in [2.24, 2.45) is 5.92 Å². The average molecular weight is 465 g/mol.